The Bertz CT molecular complexity index is 306. The molecule has 0 atom stereocenters. The Morgan fingerprint density at radius 2 is 1.64 bits per heavy atom. The molecule has 0 aromatic carbocycles. The molecule has 2 nitrogen and oxygen atoms in total. The predicted octanol–water partition coefficient (Wildman–Crippen LogP) is 1.35. The Morgan fingerprint density at radius 1 is 1.14 bits per heavy atom. The Hall–Kier alpha value is -0.247. The monoisotopic (exact) mass is 254 g/mol. The second-order valence-corrected chi connectivity index (χ2v) is 5.36. The summed E-state index contributed by atoms with van der Waals surface area (Å²) < 4.78 is 6.19. The fourth-order valence-corrected chi connectivity index (χ4v) is 3.83. The SMILES string of the molecule is Cc1c(C)[n+](C(C)C)[c]([Ge])n1C(C)C. The molecular formula is C11H20GeN2+. The van der Waals surface area contributed by atoms with Crippen LogP contribution in [0.1, 0.15) is 51.2 Å². The van der Waals surface area contributed by atoms with E-state index in [0.29, 0.717) is 12.1 Å². The van der Waals surface area contributed by atoms with Crippen LogP contribution in [-0.4, -0.2) is 21.1 Å². The molecule has 0 amide bonds. The first-order chi connectivity index (χ1) is 6.37. The Morgan fingerprint density at radius 3 is 1.86 bits per heavy atom. The van der Waals surface area contributed by atoms with Gasteiger partial charge in [0, 0.05) is 0 Å². The van der Waals surface area contributed by atoms with Gasteiger partial charge in [0.15, 0.2) is 0 Å². The zero-order valence-corrected chi connectivity index (χ0v) is 12.1. The molecule has 0 unspecified atom stereocenters. The molecule has 0 spiro atoms. The molecule has 14 heavy (non-hydrogen) atoms. The molecule has 0 N–H and O–H groups in total. The maximum atomic E-state index is 2.41. The summed E-state index contributed by atoms with van der Waals surface area (Å²) in [5.74, 6) is 0. The molecule has 0 fully saturated rings. The number of nitrogens with zero attached hydrogens (tertiary/aromatic N) is 2. The third-order valence-corrected chi connectivity index (χ3v) is 3.75. The van der Waals surface area contributed by atoms with E-state index in [9.17, 15) is 0 Å². The summed E-state index contributed by atoms with van der Waals surface area (Å²) in [6.45, 7) is 13.4. The Balaban J connectivity index is 3.41. The zero-order valence-electron chi connectivity index (χ0n) is 10.0. The molecule has 0 aliphatic rings. The Labute approximate surface area is 95.5 Å². The van der Waals surface area contributed by atoms with E-state index in [2.05, 4.69) is 67.2 Å². The van der Waals surface area contributed by atoms with E-state index in [-0.39, 0.29) is 0 Å². The average molecular weight is 253 g/mol. The van der Waals surface area contributed by atoms with Gasteiger partial charge in [0.1, 0.15) is 0 Å². The molecule has 0 saturated carbocycles. The van der Waals surface area contributed by atoms with Gasteiger partial charge in [-0.15, -0.1) is 0 Å². The van der Waals surface area contributed by atoms with E-state index in [1.54, 1.807) is 0 Å². The summed E-state index contributed by atoms with van der Waals surface area (Å²) >= 11 is 2.21. The quantitative estimate of drug-likeness (QED) is 0.555. The first-order valence-corrected chi connectivity index (χ1v) is 6.27. The van der Waals surface area contributed by atoms with Crippen molar-refractivity contribution in [3.63, 3.8) is 0 Å². The first kappa shape index (κ1) is 11.8. The summed E-state index contributed by atoms with van der Waals surface area (Å²) in [4.78, 5) is 0. The summed E-state index contributed by atoms with van der Waals surface area (Å²) in [6.07, 6.45) is 0. The molecule has 3 heteroatoms. The van der Waals surface area contributed by atoms with E-state index in [1.807, 2.05) is 0 Å². The van der Waals surface area contributed by atoms with E-state index in [0.717, 1.165) is 0 Å². The molecule has 77 valence electrons. The summed E-state index contributed by atoms with van der Waals surface area (Å²) in [5, 5.41) is 0. The van der Waals surface area contributed by atoms with Crippen molar-refractivity contribution in [3.05, 3.63) is 11.4 Å². The maximum absolute atomic E-state index is 2.41. The second kappa shape index (κ2) is 4.09. The third kappa shape index (κ3) is 1.76. The van der Waals surface area contributed by atoms with Crippen molar-refractivity contribution >= 4 is 21.2 Å². The molecule has 0 bridgehead atoms. The van der Waals surface area contributed by atoms with Crippen LogP contribution < -0.4 is 9.22 Å². The van der Waals surface area contributed by atoms with Crippen LogP contribution in [0.2, 0.25) is 0 Å². The molecule has 0 aliphatic heterocycles. The van der Waals surface area contributed by atoms with Crippen molar-refractivity contribution in [2.45, 2.75) is 53.6 Å². The van der Waals surface area contributed by atoms with E-state index in [4.69, 9.17) is 0 Å². The number of aromatic nitrogens is 2. The van der Waals surface area contributed by atoms with Gasteiger partial charge >= 0.3 is 95.3 Å². The first-order valence-electron chi connectivity index (χ1n) is 5.22. The second-order valence-electron chi connectivity index (χ2n) is 4.42. The summed E-state index contributed by atoms with van der Waals surface area (Å²) in [5.41, 5.74) is 2.79. The number of hydrogen-bond donors (Lipinski definition) is 0. The average Bonchev–Trinajstić information content (AvgIpc) is 2.23. The van der Waals surface area contributed by atoms with Crippen LogP contribution in [0.3, 0.4) is 0 Å². The van der Waals surface area contributed by atoms with Crippen molar-refractivity contribution in [1.82, 2.24) is 4.57 Å². The normalized spacial score (nSPS) is 11.8. The van der Waals surface area contributed by atoms with Gasteiger partial charge in [0.25, 0.3) is 0 Å². The molecule has 1 rings (SSSR count). The van der Waals surface area contributed by atoms with Crippen molar-refractivity contribution in [1.29, 1.82) is 0 Å². The van der Waals surface area contributed by atoms with Gasteiger partial charge in [-0.2, -0.15) is 0 Å². The van der Waals surface area contributed by atoms with Gasteiger partial charge in [-0.1, -0.05) is 0 Å². The van der Waals surface area contributed by atoms with Gasteiger partial charge in [-0.05, 0) is 0 Å². The zero-order chi connectivity index (χ0) is 11.0. The van der Waals surface area contributed by atoms with Gasteiger partial charge in [-0.3, -0.25) is 0 Å². The van der Waals surface area contributed by atoms with Crippen LogP contribution in [0.25, 0.3) is 0 Å². The van der Waals surface area contributed by atoms with Crippen molar-refractivity contribution in [3.8, 4) is 0 Å². The Kier molecular flexibility index (Phi) is 3.45. The van der Waals surface area contributed by atoms with Gasteiger partial charge < -0.3 is 0 Å². The minimum absolute atomic E-state index is 0.550. The predicted molar refractivity (Wildman–Crippen MR) is 60.3 cm³/mol. The van der Waals surface area contributed by atoms with Crippen LogP contribution in [0.4, 0.5) is 0 Å². The molecule has 3 radical (unpaired) electrons. The van der Waals surface area contributed by atoms with Gasteiger partial charge in [0.05, 0.1) is 0 Å². The van der Waals surface area contributed by atoms with Crippen LogP contribution in [0.5, 0.6) is 0 Å². The molecule has 0 aliphatic carbocycles. The van der Waals surface area contributed by atoms with Crippen LogP contribution >= 0.6 is 0 Å². The summed E-state index contributed by atoms with van der Waals surface area (Å²) in [6, 6.07) is 1.10. The van der Waals surface area contributed by atoms with Gasteiger partial charge in [-0.25, -0.2) is 0 Å². The van der Waals surface area contributed by atoms with E-state index in [1.165, 1.54) is 16.0 Å². The fourth-order valence-electron chi connectivity index (χ4n) is 2.05. The van der Waals surface area contributed by atoms with Crippen LogP contribution in [-0.2, 0) is 0 Å². The molecule has 0 saturated heterocycles. The van der Waals surface area contributed by atoms with Crippen molar-refractivity contribution in [2.75, 3.05) is 0 Å². The molecule has 1 aromatic rings. The van der Waals surface area contributed by atoms with Crippen LogP contribution in [0, 0.1) is 13.8 Å². The number of rotatable bonds is 2. The minimum atomic E-state index is 0.550. The molecule has 1 aromatic heterocycles. The third-order valence-electron chi connectivity index (χ3n) is 2.74. The fraction of sp³-hybridized carbons (Fsp3) is 0.727. The summed E-state index contributed by atoms with van der Waals surface area (Å²) in [7, 11) is 0. The van der Waals surface area contributed by atoms with Crippen molar-refractivity contribution < 1.29 is 4.57 Å². The molecular weight excluding hydrogens is 233 g/mol. The van der Waals surface area contributed by atoms with Crippen LogP contribution in [0.15, 0.2) is 0 Å². The van der Waals surface area contributed by atoms with Gasteiger partial charge in [0.2, 0.25) is 0 Å². The van der Waals surface area contributed by atoms with E-state index >= 15 is 0 Å². The van der Waals surface area contributed by atoms with Crippen molar-refractivity contribution in [2.24, 2.45) is 0 Å². The molecule has 1 heterocycles. The number of imidazole rings is 1. The van der Waals surface area contributed by atoms with E-state index < -0.39 is 0 Å². The topological polar surface area (TPSA) is 8.81 Å². The standard InChI is InChI=1S/C11H20GeN2/c1-7(2)13-9(5)10(6)14(8(3)4)11(13)12/h7-8H,1-6H3/q+1. The number of hydrogen-bond acceptors (Lipinski definition) is 0.